The van der Waals surface area contributed by atoms with Crippen molar-refractivity contribution < 1.29 is 14.3 Å². The van der Waals surface area contributed by atoms with Gasteiger partial charge in [0.05, 0.1) is 7.11 Å². The van der Waals surface area contributed by atoms with E-state index in [1.165, 1.54) is 0 Å². The molecular formula is C18H21NO3. The summed E-state index contributed by atoms with van der Waals surface area (Å²) in [4.78, 5) is 12.1. The highest BCUT2D eigenvalue weighted by molar-refractivity contribution is 5.93. The van der Waals surface area contributed by atoms with Crippen LogP contribution in [0.1, 0.15) is 18.1 Å². The number of para-hydroxylation sites is 1. The number of aryl methyl sites for hydroxylation is 2. The van der Waals surface area contributed by atoms with E-state index in [9.17, 15) is 4.79 Å². The summed E-state index contributed by atoms with van der Waals surface area (Å²) >= 11 is 0. The molecule has 2 aromatic carbocycles. The number of hydrogen-bond acceptors (Lipinski definition) is 3. The highest BCUT2D eigenvalue weighted by Gasteiger charge is 2.09. The van der Waals surface area contributed by atoms with E-state index < -0.39 is 0 Å². The average molecular weight is 299 g/mol. The molecule has 0 aromatic heterocycles. The lowest BCUT2D eigenvalue weighted by atomic mass is 10.1. The zero-order chi connectivity index (χ0) is 15.9. The van der Waals surface area contributed by atoms with Crippen molar-refractivity contribution in [1.82, 2.24) is 0 Å². The third-order valence-corrected chi connectivity index (χ3v) is 3.42. The van der Waals surface area contributed by atoms with E-state index in [1.54, 1.807) is 19.2 Å². The van der Waals surface area contributed by atoms with Crippen molar-refractivity contribution in [3.8, 4) is 11.5 Å². The maximum Gasteiger partial charge on any atom is 0.262 e. The van der Waals surface area contributed by atoms with E-state index in [4.69, 9.17) is 9.47 Å². The molecule has 1 amide bonds. The second-order valence-electron chi connectivity index (χ2n) is 4.98. The van der Waals surface area contributed by atoms with Crippen LogP contribution in [0.2, 0.25) is 0 Å². The molecule has 0 bridgehead atoms. The van der Waals surface area contributed by atoms with Crippen molar-refractivity contribution in [3.05, 3.63) is 53.6 Å². The first kappa shape index (κ1) is 15.9. The van der Waals surface area contributed by atoms with Gasteiger partial charge in [0, 0.05) is 11.8 Å². The number of carbonyl (C=O) groups excluding carboxylic acids is 1. The molecule has 0 unspecified atom stereocenters. The first-order chi connectivity index (χ1) is 10.6. The van der Waals surface area contributed by atoms with Crippen molar-refractivity contribution >= 4 is 11.6 Å². The van der Waals surface area contributed by atoms with Gasteiger partial charge in [-0.05, 0) is 36.6 Å². The number of anilines is 1. The molecule has 2 rings (SSSR count). The van der Waals surface area contributed by atoms with Gasteiger partial charge >= 0.3 is 0 Å². The zero-order valence-corrected chi connectivity index (χ0v) is 13.2. The van der Waals surface area contributed by atoms with Crippen molar-refractivity contribution in [1.29, 1.82) is 0 Å². The molecule has 0 aliphatic rings. The molecule has 4 heteroatoms. The van der Waals surface area contributed by atoms with E-state index in [1.807, 2.05) is 37.3 Å². The first-order valence-corrected chi connectivity index (χ1v) is 7.29. The number of amides is 1. The predicted octanol–water partition coefficient (Wildman–Crippen LogP) is 3.58. The molecule has 0 saturated heterocycles. The Morgan fingerprint density at radius 1 is 1.14 bits per heavy atom. The Morgan fingerprint density at radius 2 is 1.86 bits per heavy atom. The lowest BCUT2D eigenvalue weighted by Crippen LogP contribution is -2.21. The van der Waals surface area contributed by atoms with E-state index >= 15 is 0 Å². The molecule has 0 aliphatic heterocycles. The summed E-state index contributed by atoms with van der Waals surface area (Å²) in [6.45, 7) is 4.01. The lowest BCUT2D eigenvalue weighted by molar-refractivity contribution is -0.118. The Labute approximate surface area is 131 Å². The molecule has 0 fully saturated rings. The Balaban J connectivity index is 1.99. The first-order valence-electron chi connectivity index (χ1n) is 7.29. The summed E-state index contributed by atoms with van der Waals surface area (Å²) in [5, 5.41) is 2.93. The van der Waals surface area contributed by atoms with Crippen LogP contribution in [0.25, 0.3) is 0 Å². The van der Waals surface area contributed by atoms with Crippen LogP contribution in [0.15, 0.2) is 42.5 Å². The van der Waals surface area contributed by atoms with E-state index in [0.717, 1.165) is 23.2 Å². The molecule has 0 heterocycles. The molecule has 2 aromatic rings. The number of carbonyl (C=O) groups is 1. The summed E-state index contributed by atoms with van der Waals surface area (Å²) < 4.78 is 10.6. The molecule has 116 valence electrons. The van der Waals surface area contributed by atoms with Gasteiger partial charge in [0.15, 0.2) is 6.61 Å². The molecule has 0 radical (unpaired) electrons. The van der Waals surface area contributed by atoms with Gasteiger partial charge in [0.2, 0.25) is 0 Å². The van der Waals surface area contributed by atoms with Gasteiger partial charge in [-0.15, -0.1) is 0 Å². The minimum atomic E-state index is -0.174. The molecule has 0 saturated carbocycles. The van der Waals surface area contributed by atoms with Crippen LogP contribution in [-0.2, 0) is 11.2 Å². The van der Waals surface area contributed by atoms with Crippen molar-refractivity contribution in [3.63, 3.8) is 0 Å². The summed E-state index contributed by atoms with van der Waals surface area (Å²) in [5.41, 5.74) is 3.05. The minimum Gasteiger partial charge on any atom is -0.497 e. The van der Waals surface area contributed by atoms with Crippen LogP contribution in [0.4, 0.5) is 5.69 Å². The quantitative estimate of drug-likeness (QED) is 0.887. The average Bonchev–Trinajstić information content (AvgIpc) is 2.55. The zero-order valence-electron chi connectivity index (χ0n) is 13.2. The normalized spacial score (nSPS) is 10.1. The van der Waals surface area contributed by atoms with E-state index in [2.05, 4.69) is 12.2 Å². The summed E-state index contributed by atoms with van der Waals surface area (Å²) in [7, 11) is 1.59. The van der Waals surface area contributed by atoms with Crippen LogP contribution in [0.5, 0.6) is 11.5 Å². The van der Waals surface area contributed by atoms with Crippen molar-refractivity contribution in [2.45, 2.75) is 20.3 Å². The second kappa shape index (κ2) is 7.50. The summed E-state index contributed by atoms with van der Waals surface area (Å²) in [6.07, 6.45) is 0.869. The standard InChI is InChI=1S/C18H21NO3/c1-4-14-8-5-7-13(2)18(14)19-17(20)12-22-16-10-6-9-15(11-16)21-3/h5-11H,4,12H2,1-3H3,(H,19,20). The minimum absolute atomic E-state index is 0.0370. The van der Waals surface area contributed by atoms with Gasteiger partial charge in [0.25, 0.3) is 5.91 Å². The van der Waals surface area contributed by atoms with Crippen LogP contribution in [0, 0.1) is 6.92 Å². The van der Waals surface area contributed by atoms with Gasteiger partial charge in [-0.25, -0.2) is 0 Å². The van der Waals surface area contributed by atoms with Crippen LogP contribution >= 0.6 is 0 Å². The molecule has 1 N–H and O–H groups in total. The Bertz CT molecular complexity index is 653. The topological polar surface area (TPSA) is 47.6 Å². The second-order valence-corrected chi connectivity index (χ2v) is 4.98. The Morgan fingerprint density at radius 3 is 2.59 bits per heavy atom. The lowest BCUT2D eigenvalue weighted by Gasteiger charge is -2.13. The maximum atomic E-state index is 12.1. The van der Waals surface area contributed by atoms with E-state index in [-0.39, 0.29) is 12.5 Å². The van der Waals surface area contributed by atoms with Crippen LogP contribution < -0.4 is 14.8 Å². The number of benzene rings is 2. The number of methoxy groups -OCH3 is 1. The monoisotopic (exact) mass is 299 g/mol. The Kier molecular flexibility index (Phi) is 5.42. The van der Waals surface area contributed by atoms with Gasteiger partial charge in [-0.3, -0.25) is 4.79 Å². The predicted molar refractivity (Wildman–Crippen MR) is 87.7 cm³/mol. The third-order valence-electron chi connectivity index (χ3n) is 3.42. The van der Waals surface area contributed by atoms with Crippen LogP contribution in [0.3, 0.4) is 0 Å². The fourth-order valence-electron chi connectivity index (χ4n) is 2.22. The molecule has 4 nitrogen and oxygen atoms in total. The van der Waals surface area contributed by atoms with Gasteiger partial charge in [-0.2, -0.15) is 0 Å². The highest BCUT2D eigenvalue weighted by atomic mass is 16.5. The number of ether oxygens (including phenoxy) is 2. The maximum absolute atomic E-state index is 12.1. The largest absolute Gasteiger partial charge is 0.497 e. The van der Waals surface area contributed by atoms with Gasteiger partial charge in [-0.1, -0.05) is 31.2 Å². The summed E-state index contributed by atoms with van der Waals surface area (Å²) in [5.74, 6) is 1.13. The number of rotatable bonds is 6. The highest BCUT2D eigenvalue weighted by Crippen LogP contribution is 2.21. The van der Waals surface area contributed by atoms with E-state index in [0.29, 0.717) is 11.5 Å². The Hall–Kier alpha value is -2.49. The summed E-state index contributed by atoms with van der Waals surface area (Å²) in [6, 6.07) is 13.2. The molecule has 0 aliphatic carbocycles. The number of nitrogens with one attached hydrogen (secondary N) is 1. The molecule has 0 atom stereocenters. The fourth-order valence-corrected chi connectivity index (χ4v) is 2.22. The molecule has 0 spiro atoms. The van der Waals surface area contributed by atoms with Gasteiger partial charge < -0.3 is 14.8 Å². The smallest absolute Gasteiger partial charge is 0.262 e. The van der Waals surface area contributed by atoms with Gasteiger partial charge in [0.1, 0.15) is 11.5 Å². The van der Waals surface area contributed by atoms with Crippen molar-refractivity contribution in [2.75, 3.05) is 19.0 Å². The van der Waals surface area contributed by atoms with Crippen LogP contribution in [-0.4, -0.2) is 19.6 Å². The van der Waals surface area contributed by atoms with Crippen molar-refractivity contribution in [2.24, 2.45) is 0 Å². The SMILES string of the molecule is CCc1cccc(C)c1NC(=O)COc1cccc(OC)c1. The third kappa shape index (κ3) is 4.01. The fraction of sp³-hybridized carbons (Fsp3) is 0.278. The molecule has 22 heavy (non-hydrogen) atoms. The molecular weight excluding hydrogens is 278 g/mol. The number of hydrogen-bond donors (Lipinski definition) is 1.